The van der Waals surface area contributed by atoms with Crippen molar-refractivity contribution >= 4 is 29.3 Å². The van der Waals surface area contributed by atoms with Gasteiger partial charge in [-0.05, 0) is 51.3 Å². The number of rotatable bonds is 8. The van der Waals surface area contributed by atoms with Crippen LogP contribution < -0.4 is 4.90 Å². The van der Waals surface area contributed by atoms with E-state index in [1.54, 1.807) is 6.26 Å². The Kier molecular flexibility index (Phi) is 5.80. The van der Waals surface area contributed by atoms with Gasteiger partial charge in [-0.15, -0.1) is 10.2 Å². The molecule has 9 heteroatoms. The molecule has 3 aromatic heterocycles. The molecule has 1 N–H and O–H groups in total. The summed E-state index contributed by atoms with van der Waals surface area (Å²) < 4.78 is 7.53. The van der Waals surface area contributed by atoms with Gasteiger partial charge in [-0.2, -0.15) is 0 Å². The molecule has 0 aromatic carbocycles. The van der Waals surface area contributed by atoms with Gasteiger partial charge in [0.15, 0.2) is 16.7 Å². The predicted octanol–water partition coefficient (Wildman–Crippen LogP) is 3.64. The van der Waals surface area contributed by atoms with Gasteiger partial charge in [-0.1, -0.05) is 11.8 Å². The summed E-state index contributed by atoms with van der Waals surface area (Å²) in [5, 5.41) is 9.43. The lowest BCUT2D eigenvalue weighted by Crippen LogP contribution is -2.22. The molecule has 1 aliphatic heterocycles. The summed E-state index contributed by atoms with van der Waals surface area (Å²) in [4.78, 5) is 30.0. The first-order valence-corrected chi connectivity index (χ1v) is 11.0. The molecule has 0 aliphatic carbocycles. The van der Waals surface area contributed by atoms with E-state index >= 15 is 0 Å². The van der Waals surface area contributed by atoms with Crippen LogP contribution in [0.3, 0.4) is 0 Å². The largest absolute Gasteiger partial charge is 0.467 e. The average molecular weight is 428 g/mol. The van der Waals surface area contributed by atoms with Gasteiger partial charge < -0.3 is 14.3 Å². The van der Waals surface area contributed by atoms with Gasteiger partial charge in [0.05, 0.1) is 24.3 Å². The summed E-state index contributed by atoms with van der Waals surface area (Å²) in [5.41, 5.74) is 2.52. The van der Waals surface area contributed by atoms with E-state index in [1.165, 1.54) is 18.7 Å². The Morgan fingerprint density at radius 2 is 2.00 bits per heavy atom. The van der Waals surface area contributed by atoms with E-state index in [1.807, 2.05) is 30.5 Å². The van der Waals surface area contributed by atoms with Gasteiger partial charge in [-0.3, -0.25) is 14.2 Å². The smallest absolute Gasteiger partial charge is 0.228 e. The van der Waals surface area contributed by atoms with Crippen LogP contribution in [0, 0.1) is 13.8 Å². The number of aromatic nitrogens is 4. The fourth-order valence-electron chi connectivity index (χ4n) is 3.99. The van der Waals surface area contributed by atoms with Crippen LogP contribution in [0.5, 0.6) is 0 Å². The summed E-state index contributed by atoms with van der Waals surface area (Å²) in [6.45, 7) is 7.56. The van der Waals surface area contributed by atoms with Crippen LogP contribution in [0.4, 0.5) is 5.95 Å². The van der Waals surface area contributed by atoms with Crippen LogP contribution in [0.1, 0.15) is 57.6 Å². The average Bonchev–Trinajstić information content (AvgIpc) is 3.48. The lowest BCUT2D eigenvalue weighted by molar-refractivity contribution is 0.101. The number of thioether (sulfide) groups is 1. The molecule has 0 bridgehead atoms. The second-order valence-corrected chi connectivity index (χ2v) is 8.48. The normalized spacial score (nSPS) is 13.9. The third-order valence-corrected chi connectivity index (χ3v) is 6.35. The highest BCUT2D eigenvalue weighted by Crippen LogP contribution is 2.27. The quantitative estimate of drug-likeness (QED) is 0.433. The van der Waals surface area contributed by atoms with Crippen molar-refractivity contribution in [2.75, 3.05) is 23.7 Å². The van der Waals surface area contributed by atoms with Crippen molar-refractivity contribution in [3.05, 3.63) is 46.7 Å². The van der Waals surface area contributed by atoms with E-state index in [2.05, 4.69) is 20.1 Å². The molecule has 1 aliphatic rings. The Balaban J connectivity index is 1.55. The summed E-state index contributed by atoms with van der Waals surface area (Å²) >= 11 is 1.35. The van der Waals surface area contributed by atoms with Crippen molar-refractivity contribution < 1.29 is 14.0 Å². The Morgan fingerprint density at radius 1 is 1.23 bits per heavy atom. The number of H-pyrrole nitrogens is 1. The van der Waals surface area contributed by atoms with Crippen LogP contribution in [0.15, 0.2) is 28.0 Å². The predicted molar refractivity (Wildman–Crippen MR) is 115 cm³/mol. The minimum absolute atomic E-state index is 0.0404. The maximum absolute atomic E-state index is 12.9. The van der Waals surface area contributed by atoms with E-state index in [9.17, 15) is 9.59 Å². The van der Waals surface area contributed by atoms with Gasteiger partial charge in [0.2, 0.25) is 5.95 Å². The number of nitrogens with zero attached hydrogens (tertiary/aromatic N) is 4. The van der Waals surface area contributed by atoms with Crippen LogP contribution >= 0.6 is 11.8 Å². The minimum Gasteiger partial charge on any atom is -0.467 e. The second-order valence-electron chi connectivity index (χ2n) is 7.54. The molecule has 0 atom stereocenters. The Labute approximate surface area is 179 Å². The van der Waals surface area contributed by atoms with Crippen molar-refractivity contribution in [3.8, 4) is 0 Å². The van der Waals surface area contributed by atoms with Gasteiger partial charge in [-0.25, -0.2) is 0 Å². The zero-order valence-corrected chi connectivity index (χ0v) is 18.2. The van der Waals surface area contributed by atoms with Crippen LogP contribution in [-0.4, -0.2) is 50.2 Å². The van der Waals surface area contributed by atoms with Gasteiger partial charge in [0.1, 0.15) is 5.76 Å². The molecule has 0 radical (unpaired) electrons. The molecular weight excluding hydrogens is 402 g/mol. The minimum atomic E-state index is -0.0663. The van der Waals surface area contributed by atoms with Crippen molar-refractivity contribution in [2.24, 2.45) is 0 Å². The summed E-state index contributed by atoms with van der Waals surface area (Å²) in [6.07, 6.45) is 3.92. The molecule has 158 valence electrons. The number of anilines is 1. The second kappa shape index (κ2) is 8.51. The Bertz CT molecular complexity index is 1060. The van der Waals surface area contributed by atoms with Gasteiger partial charge >= 0.3 is 0 Å². The highest BCUT2D eigenvalue weighted by Gasteiger charge is 2.24. The monoisotopic (exact) mass is 427 g/mol. The van der Waals surface area contributed by atoms with Crippen molar-refractivity contribution in [1.29, 1.82) is 0 Å². The molecule has 1 saturated heterocycles. The molecule has 1 fully saturated rings. The maximum atomic E-state index is 12.9. The number of furan rings is 1. The molecule has 4 rings (SSSR count). The van der Waals surface area contributed by atoms with Crippen molar-refractivity contribution in [3.63, 3.8) is 0 Å². The first-order valence-electron chi connectivity index (χ1n) is 10.0. The molecular formula is C21H25N5O3S. The lowest BCUT2D eigenvalue weighted by atomic mass is 10.1. The number of carbonyl (C=O) groups excluding carboxylic acids is 2. The van der Waals surface area contributed by atoms with Crippen molar-refractivity contribution in [2.45, 2.75) is 45.3 Å². The molecule has 0 saturated carbocycles. The molecule has 30 heavy (non-hydrogen) atoms. The number of nitrogens with one attached hydrogen (secondary N) is 1. The van der Waals surface area contributed by atoms with E-state index in [0.717, 1.165) is 43.3 Å². The maximum Gasteiger partial charge on any atom is 0.228 e. The van der Waals surface area contributed by atoms with Crippen LogP contribution in [-0.2, 0) is 6.54 Å². The van der Waals surface area contributed by atoms with Crippen molar-refractivity contribution in [1.82, 2.24) is 19.7 Å². The van der Waals surface area contributed by atoms with Gasteiger partial charge in [0, 0.05) is 24.3 Å². The lowest BCUT2D eigenvalue weighted by Gasteiger charge is -2.17. The number of carbonyl (C=O) groups is 2. The van der Waals surface area contributed by atoms with Gasteiger partial charge in [0.25, 0.3) is 0 Å². The molecule has 8 nitrogen and oxygen atoms in total. The summed E-state index contributed by atoms with van der Waals surface area (Å²) in [7, 11) is 0. The summed E-state index contributed by atoms with van der Waals surface area (Å²) in [5.74, 6) is 1.72. The summed E-state index contributed by atoms with van der Waals surface area (Å²) in [6, 6.07) is 3.77. The topological polar surface area (TPSA) is 97.0 Å². The number of ketones is 2. The molecule has 4 heterocycles. The van der Waals surface area contributed by atoms with E-state index in [4.69, 9.17) is 4.42 Å². The third kappa shape index (κ3) is 3.94. The standard InChI is InChI=1S/C21H25N5O3S/c1-13-18(15(3)27)14(2)22-19(13)17(28)12-30-21-24-23-20(25-8-4-5-9-25)26(21)11-16-7-6-10-29-16/h6-7,10,22H,4-5,8-9,11-12H2,1-3H3. The number of hydrogen-bond acceptors (Lipinski definition) is 7. The number of Topliss-reactive ketones (excluding diaryl/α,β-unsaturated/α-hetero) is 2. The van der Waals surface area contributed by atoms with Crippen LogP contribution in [0.25, 0.3) is 0 Å². The number of hydrogen-bond donors (Lipinski definition) is 1. The van der Waals surface area contributed by atoms with E-state index in [-0.39, 0.29) is 17.3 Å². The fourth-order valence-corrected chi connectivity index (χ4v) is 4.80. The highest BCUT2D eigenvalue weighted by atomic mass is 32.2. The first kappa shape index (κ1) is 20.5. The van der Waals surface area contributed by atoms with E-state index < -0.39 is 0 Å². The Hall–Kier alpha value is -2.81. The SMILES string of the molecule is CC(=O)c1c(C)[nH]c(C(=O)CSc2nnc(N3CCCC3)n2Cc2ccco2)c1C. The number of aryl methyl sites for hydroxylation is 1. The third-order valence-electron chi connectivity index (χ3n) is 5.38. The van der Waals surface area contributed by atoms with E-state index in [0.29, 0.717) is 28.5 Å². The zero-order chi connectivity index (χ0) is 21.3. The fraction of sp³-hybridized carbons (Fsp3) is 0.429. The highest BCUT2D eigenvalue weighted by molar-refractivity contribution is 7.99. The zero-order valence-electron chi connectivity index (χ0n) is 17.4. The van der Waals surface area contributed by atoms with Crippen LogP contribution in [0.2, 0.25) is 0 Å². The molecule has 3 aromatic rings. The Morgan fingerprint density at radius 3 is 2.63 bits per heavy atom. The molecule has 0 unspecified atom stereocenters. The molecule has 0 amide bonds. The number of aromatic amines is 1. The molecule has 0 spiro atoms. The first-order chi connectivity index (χ1) is 14.5.